The first-order chi connectivity index (χ1) is 12.5. The monoisotopic (exact) mass is 353 g/mol. The van der Waals surface area contributed by atoms with Crippen molar-refractivity contribution in [3.63, 3.8) is 0 Å². The van der Waals surface area contributed by atoms with E-state index in [0.717, 1.165) is 16.9 Å². The number of fused-ring (bicyclic) bond motifs is 1. The molecule has 0 unspecified atom stereocenters. The molecule has 1 amide bonds. The number of nitrogens with zero attached hydrogens (tertiary/aromatic N) is 1. The fourth-order valence-electron chi connectivity index (χ4n) is 2.85. The molecule has 0 fully saturated rings. The Bertz CT molecular complexity index is 958. The number of para-hydroxylation sites is 1. The zero-order valence-electron chi connectivity index (χ0n) is 14.5. The van der Waals surface area contributed by atoms with Gasteiger partial charge < -0.3 is 15.0 Å². The Balaban J connectivity index is 1.64. The highest BCUT2D eigenvalue weighted by Gasteiger charge is 2.15. The molecule has 7 nitrogen and oxygen atoms in total. The van der Waals surface area contributed by atoms with Crippen LogP contribution in [-0.2, 0) is 0 Å². The normalized spacial score (nSPS) is 10.7. The van der Waals surface area contributed by atoms with Crippen LogP contribution in [0.3, 0.4) is 0 Å². The first-order valence-electron chi connectivity index (χ1n) is 8.20. The zero-order valence-corrected chi connectivity index (χ0v) is 14.5. The lowest BCUT2D eigenvalue weighted by Gasteiger charge is -2.12. The largest absolute Gasteiger partial charge is 0.491 e. The minimum Gasteiger partial charge on any atom is -0.491 e. The van der Waals surface area contributed by atoms with E-state index in [4.69, 9.17) is 4.74 Å². The number of aromatic amines is 1. The summed E-state index contributed by atoms with van der Waals surface area (Å²) >= 11 is 0. The molecule has 2 N–H and O–H groups in total. The Hall–Kier alpha value is -3.35. The molecule has 3 aromatic rings. The number of H-pyrrole nitrogens is 1. The second-order valence-corrected chi connectivity index (χ2v) is 6.01. The summed E-state index contributed by atoms with van der Waals surface area (Å²) in [6.45, 7) is 4.60. The molecule has 0 spiro atoms. The van der Waals surface area contributed by atoms with E-state index in [0.29, 0.717) is 29.6 Å². The van der Waals surface area contributed by atoms with Crippen LogP contribution >= 0.6 is 0 Å². The SMILES string of the molecule is Cc1cccc(C)c1OCCNC(=O)c1c[nH]c2ccc([N+](=O)[O-])cc12. The summed E-state index contributed by atoms with van der Waals surface area (Å²) in [5.74, 6) is 0.520. The smallest absolute Gasteiger partial charge is 0.270 e. The predicted molar refractivity (Wildman–Crippen MR) is 98.7 cm³/mol. The van der Waals surface area contributed by atoms with Gasteiger partial charge in [0, 0.05) is 29.2 Å². The van der Waals surface area contributed by atoms with Crippen LogP contribution in [0.4, 0.5) is 5.69 Å². The van der Waals surface area contributed by atoms with Gasteiger partial charge in [0.2, 0.25) is 0 Å². The minimum absolute atomic E-state index is 0.0514. The van der Waals surface area contributed by atoms with Crippen LogP contribution in [0.5, 0.6) is 5.75 Å². The molecule has 0 aliphatic carbocycles. The van der Waals surface area contributed by atoms with E-state index >= 15 is 0 Å². The third kappa shape index (κ3) is 3.51. The number of aromatic nitrogens is 1. The van der Waals surface area contributed by atoms with Gasteiger partial charge in [0.15, 0.2) is 0 Å². The van der Waals surface area contributed by atoms with Crippen molar-refractivity contribution in [3.05, 3.63) is 69.4 Å². The number of nitrogens with one attached hydrogen (secondary N) is 2. The molecule has 0 saturated heterocycles. The molecule has 0 aliphatic rings. The van der Waals surface area contributed by atoms with E-state index in [2.05, 4.69) is 10.3 Å². The molecular formula is C19H19N3O4. The molecular weight excluding hydrogens is 334 g/mol. The Morgan fingerprint density at radius 3 is 2.65 bits per heavy atom. The Kier molecular flexibility index (Phi) is 4.88. The van der Waals surface area contributed by atoms with Gasteiger partial charge in [-0.2, -0.15) is 0 Å². The van der Waals surface area contributed by atoms with Crippen molar-refractivity contribution < 1.29 is 14.5 Å². The van der Waals surface area contributed by atoms with Crippen molar-refractivity contribution >= 4 is 22.5 Å². The van der Waals surface area contributed by atoms with Gasteiger partial charge in [-0.05, 0) is 31.0 Å². The molecule has 3 rings (SSSR count). The van der Waals surface area contributed by atoms with Crippen LogP contribution in [0, 0.1) is 24.0 Å². The highest BCUT2D eigenvalue weighted by molar-refractivity contribution is 6.07. The van der Waals surface area contributed by atoms with Gasteiger partial charge in [0.05, 0.1) is 17.0 Å². The fourth-order valence-corrected chi connectivity index (χ4v) is 2.85. The lowest BCUT2D eigenvalue weighted by Crippen LogP contribution is -2.28. The first kappa shape index (κ1) is 17.5. The summed E-state index contributed by atoms with van der Waals surface area (Å²) in [5, 5.41) is 14.2. The van der Waals surface area contributed by atoms with Crippen molar-refractivity contribution in [1.82, 2.24) is 10.3 Å². The van der Waals surface area contributed by atoms with Crippen molar-refractivity contribution in [1.29, 1.82) is 0 Å². The average molecular weight is 353 g/mol. The Labute approximate surface area is 150 Å². The number of hydrogen-bond donors (Lipinski definition) is 2. The minimum atomic E-state index is -0.480. The van der Waals surface area contributed by atoms with Crippen LogP contribution in [0.2, 0.25) is 0 Å². The van der Waals surface area contributed by atoms with E-state index in [1.807, 2.05) is 32.0 Å². The van der Waals surface area contributed by atoms with Crippen molar-refractivity contribution in [2.45, 2.75) is 13.8 Å². The molecule has 2 aromatic carbocycles. The third-order valence-corrected chi connectivity index (χ3v) is 4.16. The molecule has 0 saturated carbocycles. The summed E-state index contributed by atoms with van der Waals surface area (Å²) in [6, 6.07) is 10.3. The number of aryl methyl sites for hydroxylation is 2. The second-order valence-electron chi connectivity index (χ2n) is 6.01. The highest BCUT2D eigenvalue weighted by atomic mass is 16.6. The number of carbonyl (C=O) groups is 1. The number of nitro groups is 1. The molecule has 0 radical (unpaired) electrons. The van der Waals surface area contributed by atoms with Crippen LogP contribution < -0.4 is 10.1 Å². The number of carbonyl (C=O) groups excluding carboxylic acids is 1. The number of ether oxygens (including phenoxy) is 1. The molecule has 134 valence electrons. The molecule has 7 heteroatoms. The topological polar surface area (TPSA) is 97.3 Å². The van der Waals surface area contributed by atoms with Crippen LogP contribution in [0.15, 0.2) is 42.6 Å². The van der Waals surface area contributed by atoms with Crippen molar-refractivity contribution in [2.24, 2.45) is 0 Å². The number of hydrogen-bond acceptors (Lipinski definition) is 4. The van der Waals surface area contributed by atoms with Gasteiger partial charge in [-0.25, -0.2) is 0 Å². The Morgan fingerprint density at radius 2 is 1.96 bits per heavy atom. The quantitative estimate of drug-likeness (QED) is 0.403. The zero-order chi connectivity index (χ0) is 18.7. The van der Waals surface area contributed by atoms with E-state index in [1.165, 1.54) is 12.1 Å². The van der Waals surface area contributed by atoms with E-state index < -0.39 is 4.92 Å². The lowest BCUT2D eigenvalue weighted by molar-refractivity contribution is -0.384. The summed E-state index contributed by atoms with van der Waals surface area (Å²) in [5.41, 5.74) is 3.08. The number of non-ortho nitro benzene ring substituents is 1. The number of nitro benzene ring substituents is 1. The molecule has 1 aromatic heterocycles. The lowest BCUT2D eigenvalue weighted by atomic mass is 10.1. The molecule has 0 atom stereocenters. The third-order valence-electron chi connectivity index (χ3n) is 4.16. The standard InChI is InChI=1S/C19H19N3O4/c1-12-4-3-5-13(2)18(12)26-9-8-20-19(23)16-11-21-17-7-6-14(22(24)25)10-15(16)17/h3-7,10-11,21H,8-9H2,1-2H3,(H,20,23). The summed E-state index contributed by atoms with van der Waals surface area (Å²) in [4.78, 5) is 25.8. The number of rotatable bonds is 6. The van der Waals surface area contributed by atoms with Crippen LogP contribution in [-0.4, -0.2) is 29.0 Å². The number of amides is 1. The van der Waals surface area contributed by atoms with Crippen LogP contribution in [0.25, 0.3) is 10.9 Å². The molecule has 0 aliphatic heterocycles. The maximum Gasteiger partial charge on any atom is 0.270 e. The van der Waals surface area contributed by atoms with Crippen molar-refractivity contribution in [3.8, 4) is 5.75 Å². The summed E-state index contributed by atoms with van der Waals surface area (Å²) in [6.07, 6.45) is 1.55. The van der Waals surface area contributed by atoms with Gasteiger partial charge in [-0.3, -0.25) is 14.9 Å². The van der Waals surface area contributed by atoms with Gasteiger partial charge in [-0.15, -0.1) is 0 Å². The molecule has 0 bridgehead atoms. The first-order valence-corrected chi connectivity index (χ1v) is 8.20. The molecule has 1 heterocycles. The second kappa shape index (κ2) is 7.26. The highest BCUT2D eigenvalue weighted by Crippen LogP contribution is 2.24. The van der Waals surface area contributed by atoms with Crippen LogP contribution in [0.1, 0.15) is 21.5 Å². The fraction of sp³-hybridized carbons (Fsp3) is 0.211. The van der Waals surface area contributed by atoms with Gasteiger partial charge in [0.1, 0.15) is 12.4 Å². The molecule has 26 heavy (non-hydrogen) atoms. The van der Waals surface area contributed by atoms with Crippen molar-refractivity contribution in [2.75, 3.05) is 13.2 Å². The van der Waals surface area contributed by atoms with E-state index in [9.17, 15) is 14.9 Å². The predicted octanol–water partition coefficient (Wildman–Crippen LogP) is 3.50. The van der Waals surface area contributed by atoms with Gasteiger partial charge in [0.25, 0.3) is 11.6 Å². The van der Waals surface area contributed by atoms with E-state index in [1.54, 1.807) is 12.3 Å². The summed E-state index contributed by atoms with van der Waals surface area (Å²) in [7, 11) is 0. The average Bonchev–Trinajstić information content (AvgIpc) is 3.03. The summed E-state index contributed by atoms with van der Waals surface area (Å²) < 4.78 is 5.76. The maximum atomic E-state index is 12.4. The van der Waals surface area contributed by atoms with Gasteiger partial charge in [-0.1, -0.05) is 18.2 Å². The number of benzene rings is 2. The maximum absolute atomic E-state index is 12.4. The Morgan fingerprint density at radius 1 is 1.23 bits per heavy atom. The van der Waals surface area contributed by atoms with E-state index in [-0.39, 0.29) is 11.6 Å². The van der Waals surface area contributed by atoms with Gasteiger partial charge >= 0.3 is 0 Å².